The number of methoxy groups -OCH3 is 1. The molecule has 3 aromatic rings. The van der Waals surface area contributed by atoms with Crippen molar-refractivity contribution in [3.8, 4) is 17.0 Å². The highest BCUT2D eigenvalue weighted by Gasteiger charge is 2.32. The molecule has 0 aliphatic rings. The van der Waals surface area contributed by atoms with Gasteiger partial charge < -0.3 is 4.74 Å². The maximum absolute atomic E-state index is 13.1. The number of benzene rings is 2. The van der Waals surface area contributed by atoms with Crippen molar-refractivity contribution in [1.82, 2.24) is 14.5 Å². The lowest BCUT2D eigenvalue weighted by molar-refractivity contribution is -0.137. The molecule has 0 aliphatic heterocycles. The zero-order chi connectivity index (χ0) is 23.8. The van der Waals surface area contributed by atoms with Crippen LogP contribution in [-0.4, -0.2) is 31.2 Å². The maximum atomic E-state index is 13.1. The van der Waals surface area contributed by atoms with Crippen molar-refractivity contribution in [1.29, 1.82) is 0 Å². The number of sulfonamides is 1. The second-order valence-electron chi connectivity index (χ2n) is 6.50. The van der Waals surface area contributed by atoms with Crippen LogP contribution in [0.1, 0.15) is 16.1 Å². The number of carbonyl (C=O) groups excluding carboxylic acids is 1. The standard InChI is InChI=1S/C19H14Cl2F3N3O4S/c1-27-16(10-5-11(19(22,23)24)7-12(20)6-10)9-15(25-27)18(28)26-32(29,30)17-8-13(31-2)3-4-14(17)21/h3-9H,1-2H3,(H,26,28). The maximum Gasteiger partial charge on any atom is 0.416 e. The first-order valence-electron chi connectivity index (χ1n) is 8.64. The molecule has 2 aromatic carbocycles. The smallest absolute Gasteiger partial charge is 0.416 e. The van der Waals surface area contributed by atoms with Gasteiger partial charge >= 0.3 is 6.18 Å². The molecule has 1 N–H and O–H groups in total. The number of aryl methyl sites for hydroxylation is 1. The number of nitrogens with zero attached hydrogens (tertiary/aromatic N) is 2. The van der Waals surface area contributed by atoms with Gasteiger partial charge in [0.1, 0.15) is 10.6 Å². The third-order valence-electron chi connectivity index (χ3n) is 4.29. The highest BCUT2D eigenvalue weighted by Crippen LogP contribution is 2.35. The van der Waals surface area contributed by atoms with Crippen LogP contribution in [0.3, 0.4) is 0 Å². The molecular formula is C19H14Cl2F3N3O4S. The summed E-state index contributed by atoms with van der Waals surface area (Å²) in [4.78, 5) is 12.1. The Morgan fingerprint density at radius 2 is 1.81 bits per heavy atom. The summed E-state index contributed by atoms with van der Waals surface area (Å²) in [6.45, 7) is 0. The summed E-state index contributed by atoms with van der Waals surface area (Å²) in [5.41, 5.74) is -1.18. The second-order valence-corrected chi connectivity index (χ2v) is 8.99. The lowest BCUT2D eigenvalue weighted by atomic mass is 10.1. The van der Waals surface area contributed by atoms with Crippen molar-refractivity contribution in [3.63, 3.8) is 0 Å². The Labute approximate surface area is 190 Å². The highest BCUT2D eigenvalue weighted by molar-refractivity contribution is 7.90. The van der Waals surface area contributed by atoms with E-state index in [4.69, 9.17) is 27.9 Å². The molecular weight excluding hydrogens is 494 g/mol. The predicted molar refractivity (Wildman–Crippen MR) is 111 cm³/mol. The molecule has 7 nitrogen and oxygen atoms in total. The molecule has 0 radical (unpaired) electrons. The van der Waals surface area contributed by atoms with Gasteiger partial charge in [-0.1, -0.05) is 23.2 Å². The average Bonchev–Trinajstić information content (AvgIpc) is 3.08. The van der Waals surface area contributed by atoms with Crippen molar-refractivity contribution in [3.05, 3.63) is 63.8 Å². The number of carbonyl (C=O) groups is 1. The predicted octanol–water partition coefficient (Wildman–Crippen LogP) is 4.54. The van der Waals surface area contributed by atoms with Crippen LogP contribution in [0, 0.1) is 0 Å². The fraction of sp³-hybridized carbons (Fsp3) is 0.158. The fourth-order valence-electron chi connectivity index (χ4n) is 2.80. The van der Waals surface area contributed by atoms with Crippen molar-refractivity contribution < 1.29 is 31.1 Å². The number of hydrogen-bond donors (Lipinski definition) is 1. The van der Waals surface area contributed by atoms with Crippen LogP contribution in [0.25, 0.3) is 11.3 Å². The van der Waals surface area contributed by atoms with Gasteiger partial charge in [0, 0.05) is 23.7 Å². The lowest BCUT2D eigenvalue weighted by Crippen LogP contribution is -2.31. The van der Waals surface area contributed by atoms with Gasteiger partial charge in [-0.15, -0.1) is 0 Å². The molecule has 13 heteroatoms. The summed E-state index contributed by atoms with van der Waals surface area (Å²) >= 11 is 11.7. The van der Waals surface area contributed by atoms with E-state index in [2.05, 4.69) is 5.10 Å². The van der Waals surface area contributed by atoms with Gasteiger partial charge in [0.25, 0.3) is 15.9 Å². The quantitative estimate of drug-likeness (QED) is 0.547. The minimum atomic E-state index is -4.64. The lowest BCUT2D eigenvalue weighted by Gasteiger charge is -2.10. The summed E-state index contributed by atoms with van der Waals surface area (Å²) in [5, 5.41) is 3.58. The van der Waals surface area contributed by atoms with Gasteiger partial charge in [0.05, 0.1) is 23.4 Å². The van der Waals surface area contributed by atoms with Crippen molar-refractivity contribution in [2.24, 2.45) is 7.05 Å². The van der Waals surface area contributed by atoms with E-state index in [1.54, 1.807) is 0 Å². The monoisotopic (exact) mass is 507 g/mol. The van der Waals surface area contributed by atoms with Crippen LogP contribution in [-0.2, 0) is 23.2 Å². The minimum absolute atomic E-state index is 0.0394. The number of ether oxygens (including phenoxy) is 1. The zero-order valence-corrected chi connectivity index (χ0v) is 18.7. The summed E-state index contributed by atoms with van der Waals surface area (Å²) < 4.78 is 72.5. The largest absolute Gasteiger partial charge is 0.497 e. The molecule has 0 spiro atoms. The molecule has 0 atom stereocenters. The second kappa shape index (κ2) is 8.64. The molecule has 0 aliphatic carbocycles. The van der Waals surface area contributed by atoms with E-state index in [9.17, 15) is 26.4 Å². The van der Waals surface area contributed by atoms with Gasteiger partial charge in [-0.2, -0.15) is 18.3 Å². The first-order chi connectivity index (χ1) is 14.8. The van der Waals surface area contributed by atoms with Crippen LogP contribution < -0.4 is 9.46 Å². The molecule has 3 rings (SSSR count). The zero-order valence-electron chi connectivity index (χ0n) is 16.4. The number of rotatable bonds is 5. The average molecular weight is 508 g/mol. The van der Waals surface area contributed by atoms with E-state index in [0.29, 0.717) is 0 Å². The number of amides is 1. The highest BCUT2D eigenvalue weighted by atomic mass is 35.5. The van der Waals surface area contributed by atoms with E-state index in [0.717, 1.165) is 28.9 Å². The molecule has 1 heterocycles. The Balaban J connectivity index is 1.94. The van der Waals surface area contributed by atoms with Gasteiger partial charge in [-0.3, -0.25) is 9.48 Å². The number of hydrogen-bond acceptors (Lipinski definition) is 5. The Hall–Kier alpha value is -2.76. The van der Waals surface area contributed by atoms with Crippen molar-refractivity contribution in [2.75, 3.05) is 7.11 Å². The van der Waals surface area contributed by atoms with Gasteiger partial charge in [-0.05, 0) is 36.4 Å². The molecule has 0 bridgehead atoms. The topological polar surface area (TPSA) is 90.3 Å². The molecule has 0 saturated heterocycles. The van der Waals surface area contributed by atoms with E-state index in [1.807, 2.05) is 4.72 Å². The summed E-state index contributed by atoms with van der Waals surface area (Å²) in [6, 6.07) is 7.87. The molecule has 1 aromatic heterocycles. The Morgan fingerprint density at radius 3 is 2.44 bits per heavy atom. The van der Waals surface area contributed by atoms with E-state index in [1.165, 1.54) is 32.4 Å². The molecule has 0 fully saturated rings. The van der Waals surface area contributed by atoms with E-state index in [-0.39, 0.29) is 32.7 Å². The van der Waals surface area contributed by atoms with Crippen LogP contribution >= 0.6 is 23.2 Å². The summed E-state index contributed by atoms with van der Waals surface area (Å²) in [7, 11) is -1.69. The van der Waals surface area contributed by atoms with Gasteiger partial charge in [0.15, 0.2) is 5.69 Å². The van der Waals surface area contributed by atoms with Crippen molar-refractivity contribution >= 4 is 39.1 Å². The Morgan fingerprint density at radius 1 is 1.12 bits per heavy atom. The Bertz CT molecular complexity index is 1310. The molecule has 0 saturated carbocycles. The van der Waals surface area contributed by atoms with Crippen LogP contribution in [0.2, 0.25) is 10.0 Å². The fourth-order valence-corrected chi connectivity index (χ4v) is 4.51. The SMILES string of the molecule is COc1ccc(Cl)c(S(=O)(=O)NC(=O)c2cc(-c3cc(Cl)cc(C(F)(F)F)c3)n(C)n2)c1. The number of nitrogens with one attached hydrogen (secondary N) is 1. The van der Waals surface area contributed by atoms with Crippen LogP contribution in [0.4, 0.5) is 13.2 Å². The van der Waals surface area contributed by atoms with Crippen LogP contribution in [0.15, 0.2) is 47.4 Å². The third kappa shape index (κ3) is 5.00. The molecule has 170 valence electrons. The summed E-state index contributed by atoms with van der Waals surface area (Å²) in [5.74, 6) is -0.910. The van der Waals surface area contributed by atoms with Gasteiger partial charge in [-0.25, -0.2) is 13.1 Å². The van der Waals surface area contributed by atoms with Gasteiger partial charge in [0.2, 0.25) is 0 Å². The first-order valence-corrected chi connectivity index (χ1v) is 10.9. The molecule has 1 amide bonds. The number of halogens is 5. The normalized spacial score (nSPS) is 12.0. The van der Waals surface area contributed by atoms with E-state index < -0.39 is 32.6 Å². The first kappa shape index (κ1) is 23.9. The third-order valence-corrected chi connectivity index (χ3v) is 6.32. The Kier molecular flexibility index (Phi) is 6.45. The molecule has 0 unspecified atom stereocenters. The van der Waals surface area contributed by atoms with Crippen molar-refractivity contribution in [2.45, 2.75) is 11.1 Å². The van der Waals surface area contributed by atoms with E-state index >= 15 is 0 Å². The number of aromatic nitrogens is 2. The minimum Gasteiger partial charge on any atom is -0.497 e. The van der Waals surface area contributed by atoms with Crippen LogP contribution in [0.5, 0.6) is 5.75 Å². The summed E-state index contributed by atoms with van der Waals surface area (Å²) in [6.07, 6.45) is -4.64. The number of alkyl halides is 3. The molecule has 32 heavy (non-hydrogen) atoms.